The maximum Gasteiger partial charge on any atom is 0.254 e. The van der Waals surface area contributed by atoms with Crippen LogP contribution in [0.4, 0.5) is 4.39 Å². The molecule has 98 valence electrons. The quantitative estimate of drug-likeness (QED) is 0.931. The van der Waals surface area contributed by atoms with Crippen LogP contribution in [0.15, 0.2) is 22.7 Å². The molecule has 1 saturated carbocycles. The number of hydrogen-bond acceptors (Lipinski definition) is 2. The zero-order valence-electron chi connectivity index (χ0n) is 10.1. The molecule has 5 heteroatoms. The molecule has 1 aromatic rings. The summed E-state index contributed by atoms with van der Waals surface area (Å²) in [5, 5.41) is 2.84. The van der Waals surface area contributed by atoms with E-state index in [1.165, 1.54) is 12.1 Å². The number of methoxy groups -OCH3 is 1. The van der Waals surface area contributed by atoms with Gasteiger partial charge in [0, 0.05) is 11.6 Å². The second-order valence-electron chi connectivity index (χ2n) is 4.41. The van der Waals surface area contributed by atoms with Gasteiger partial charge in [-0.1, -0.05) is 15.9 Å². The lowest BCUT2D eigenvalue weighted by molar-refractivity contribution is 0.0720. The minimum absolute atomic E-state index is 0.0226. The fourth-order valence-electron chi connectivity index (χ4n) is 2.29. The summed E-state index contributed by atoms with van der Waals surface area (Å²) in [7, 11) is 1.63. The van der Waals surface area contributed by atoms with Gasteiger partial charge in [0.2, 0.25) is 0 Å². The largest absolute Gasteiger partial charge is 0.379 e. The maximum absolute atomic E-state index is 13.6. The van der Waals surface area contributed by atoms with Crippen LogP contribution in [0.25, 0.3) is 0 Å². The van der Waals surface area contributed by atoms with Gasteiger partial charge in [-0.15, -0.1) is 0 Å². The molecular formula is C13H15BrFNO2. The van der Waals surface area contributed by atoms with Gasteiger partial charge in [0.15, 0.2) is 0 Å². The fourth-order valence-corrected chi connectivity index (χ4v) is 2.63. The van der Waals surface area contributed by atoms with E-state index in [0.717, 1.165) is 19.3 Å². The summed E-state index contributed by atoms with van der Waals surface area (Å²) in [6, 6.07) is 4.40. The highest BCUT2D eigenvalue weighted by Crippen LogP contribution is 2.22. The van der Waals surface area contributed by atoms with Gasteiger partial charge in [0.1, 0.15) is 5.82 Å². The third kappa shape index (κ3) is 2.90. The van der Waals surface area contributed by atoms with Crippen molar-refractivity contribution in [2.24, 2.45) is 0 Å². The van der Waals surface area contributed by atoms with Gasteiger partial charge >= 0.3 is 0 Å². The van der Waals surface area contributed by atoms with Gasteiger partial charge in [-0.3, -0.25) is 4.79 Å². The van der Waals surface area contributed by atoms with Crippen LogP contribution in [0.1, 0.15) is 29.6 Å². The Hall–Kier alpha value is -0.940. The highest BCUT2D eigenvalue weighted by atomic mass is 79.9. The fraction of sp³-hybridized carbons (Fsp3) is 0.462. The highest BCUT2D eigenvalue weighted by molar-refractivity contribution is 9.10. The number of ether oxygens (including phenoxy) is 1. The smallest absolute Gasteiger partial charge is 0.254 e. The molecule has 0 heterocycles. The summed E-state index contributed by atoms with van der Waals surface area (Å²) < 4.78 is 19.5. The third-order valence-corrected chi connectivity index (χ3v) is 3.74. The minimum Gasteiger partial charge on any atom is -0.379 e. The Labute approximate surface area is 114 Å². The molecule has 0 saturated heterocycles. The molecule has 3 nitrogen and oxygen atoms in total. The van der Waals surface area contributed by atoms with E-state index in [2.05, 4.69) is 21.2 Å². The Kier molecular flexibility index (Phi) is 4.35. The number of hydrogen-bond donors (Lipinski definition) is 1. The summed E-state index contributed by atoms with van der Waals surface area (Å²) in [5.41, 5.74) is 0.0694. The molecule has 1 aliphatic rings. The maximum atomic E-state index is 13.6. The number of halogens is 2. The first-order chi connectivity index (χ1) is 8.61. The lowest BCUT2D eigenvalue weighted by Crippen LogP contribution is -2.41. The van der Waals surface area contributed by atoms with Crippen LogP contribution in [-0.4, -0.2) is 25.2 Å². The molecular weight excluding hydrogens is 301 g/mol. The Morgan fingerprint density at radius 2 is 2.28 bits per heavy atom. The first-order valence-electron chi connectivity index (χ1n) is 5.90. The molecule has 1 fully saturated rings. The monoisotopic (exact) mass is 315 g/mol. The van der Waals surface area contributed by atoms with Gasteiger partial charge in [-0.2, -0.15) is 0 Å². The van der Waals surface area contributed by atoms with Crippen molar-refractivity contribution < 1.29 is 13.9 Å². The van der Waals surface area contributed by atoms with E-state index in [1.54, 1.807) is 13.2 Å². The van der Waals surface area contributed by atoms with E-state index < -0.39 is 5.82 Å². The summed E-state index contributed by atoms with van der Waals surface area (Å²) in [4.78, 5) is 12.0. The average molecular weight is 316 g/mol. The van der Waals surface area contributed by atoms with Crippen molar-refractivity contribution in [2.45, 2.75) is 31.4 Å². The van der Waals surface area contributed by atoms with Crippen LogP contribution in [-0.2, 0) is 4.74 Å². The predicted molar refractivity (Wildman–Crippen MR) is 70.0 cm³/mol. The van der Waals surface area contributed by atoms with Gasteiger partial charge in [-0.05, 0) is 37.5 Å². The number of benzene rings is 1. The molecule has 0 radical (unpaired) electrons. The van der Waals surface area contributed by atoms with E-state index >= 15 is 0 Å². The van der Waals surface area contributed by atoms with Crippen LogP contribution in [0.5, 0.6) is 0 Å². The molecule has 1 N–H and O–H groups in total. The second-order valence-corrected chi connectivity index (χ2v) is 5.32. The molecule has 0 aliphatic heterocycles. The lowest BCUT2D eigenvalue weighted by atomic mass is 10.1. The van der Waals surface area contributed by atoms with Crippen LogP contribution in [0.3, 0.4) is 0 Å². The minimum atomic E-state index is -0.520. The third-order valence-electron chi connectivity index (χ3n) is 3.25. The summed E-state index contributed by atoms with van der Waals surface area (Å²) in [5.74, 6) is -0.900. The number of carbonyl (C=O) groups is 1. The topological polar surface area (TPSA) is 38.3 Å². The van der Waals surface area contributed by atoms with Crippen LogP contribution >= 0.6 is 15.9 Å². The Balaban J connectivity index is 2.07. The molecule has 0 bridgehead atoms. The molecule has 1 aliphatic carbocycles. The Bertz CT molecular complexity index is 453. The summed E-state index contributed by atoms with van der Waals surface area (Å²) in [6.07, 6.45) is 2.87. The first kappa shape index (κ1) is 13.5. The second kappa shape index (κ2) is 5.80. The van der Waals surface area contributed by atoms with Gasteiger partial charge in [0.05, 0.1) is 17.7 Å². The van der Waals surface area contributed by atoms with Crippen LogP contribution in [0, 0.1) is 5.82 Å². The number of nitrogens with one attached hydrogen (secondary N) is 1. The number of amides is 1. The normalized spacial score (nSPS) is 23.1. The first-order valence-corrected chi connectivity index (χ1v) is 6.70. The number of carbonyl (C=O) groups excluding carboxylic acids is 1. The van der Waals surface area contributed by atoms with E-state index in [-0.39, 0.29) is 23.6 Å². The van der Waals surface area contributed by atoms with Gasteiger partial charge < -0.3 is 10.1 Å². The van der Waals surface area contributed by atoms with E-state index in [4.69, 9.17) is 4.74 Å². The SMILES string of the molecule is COC1CCCC1NC(=O)c1ccc(Br)cc1F. The van der Waals surface area contributed by atoms with E-state index in [0.29, 0.717) is 4.47 Å². The van der Waals surface area contributed by atoms with Crippen molar-refractivity contribution in [1.29, 1.82) is 0 Å². The molecule has 18 heavy (non-hydrogen) atoms. The van der Waals surface area contributed by atoms with Crippen molar-refractivity contribution in [3.05, 3.63) is 34.1 Å². The van der Waals surface area contributed by atoms with Crippen molar-refractivity contribution >= 4 is 21.8 Å². The highest BCUT2D eigenvalue weighted by Gasteiger charge is 2.29. The van der Waals surface area contributed by atoms with Crippen LogP contribution < -0.4 is 5.32 Å². The number of rotatable bonds is 3. The summed E-state index contributed by atoms with van der Waals surface area (Å²) >= 11 is 3.16. The average Bonchev–Trinajstić information content (AvgIpc) is 2.76. The van der Waals surface area contributed by atoms with Crippen molar-refractivity contribution in [2.75, 3.05) is 7.11 Å². The molecule has 0 aromatic heterocycles. The van der Waals surface area contributed by atoms with Crippen LogP contribution in [0.2, 0.25) is 0 Å². The van der Waals surface area contributed by atoms with Crippen molar-refractivity contribution in [3.8, 4) is 0 Å². The van der Waals surface area contributed by atoms with E-state index in [1.807, 2.05) is 0 Å². The lowest BCUT2D eigenvalue weighted by Gasteiger charge is -2.19. The van der Waals surface area contributed by atoms with Crippen molar-refractivity contribution in [1.82, 2.24) is 5.32 Å². The summed E-state index contributed by atoms with van der Waals surface area (Å²) in [6.45, 7) is 0. The zero-order valence-corrected chi connectivity index (χ0v) is 11.7. The molecule has 0 spiro atoms. The molecule has 2 rings (SSSR count). The van der Waals surface area contributed by atoms with Gasteiger partial charge in [-0.25, -0.2) is 4.39 Å². The Morgan fingerprint density at radius 3 is 2.94 bits per heavy atom. The molecule has 2 unspecified atom stereocenters. The zero-order chi connectivity index (χ0) is 13.1. The van der Waals surface area contributed by atoms with E-state index in [9.17, 15) is 9.18 Å². The van der Waals surface area contributed by atoms with Crippen molar-refractivity contribution in [3.63, 3.8) is 0 Å². The predicted octanol–water partition coefficient (Wildman–Crippen LogP) is 2.89. The standard InChI is InChI=1S/C13H15BrFNO2/c1-18-12-4-2-3-11(12)16-13(17)9-6-5-8(14)7-10(9)15/h5-7,11-12H,2-4H2,1H3,(H,16,17). The Morgan fingerprint density at radius 1 is 1.50 bits per heavy atom. The molecule has 2 atom stereocenters. The molecule has 1 aromatic carbocycles. The molecule has 1 amide bonds. The van der Waals surface area contributed by atoms with Gasteiger partial charge in [0.25, 0.3) is 5.91 Å².